The zero-order valence-electron chi connectivity index (χ0n) is 23.9. The van der Waals surface area contributed by atoms with Gasteiger partial charge in [0.05, 0.1) is 22.7 Å². The van der Waals surface area contributed by atoms with E-state index < -0.39 is 34.1 Å². The van der Waals surface area contributed by atoms with E-state index in [-0.39, 0.29) is 28.1 Å². The molecule has 0 saturated heterocycles. The van der Waals surface area contributed by atoms with E-state index >= 15 is 0 Å². The van der Waals surface area contributed by atoms with Crippen molar-refractivity contribution in [3.05, 3.63) is 87.9 Å². The summed E-state index contributed by atoms with van der Waals surface area (Å²) in [5.74, 6) is -0.606. The quantitative estimate of drug-likeness (QED) is 0.308. The molecular weight excluding hydrogens is 585 g/mol. The lowest BCUT2D eigenvalue weighted by Crippen LogP contribution is -2.54. The molecular formula is C30H35Cl2N3O5S. The minimum absolute atomic E-state index is 0.00520. The van der Waals surface area contributed by atoms with E-state index in [1.54, 1.807) is 43.3 Å². The third-order valence-corrected chi connectivity index (χ3v) is 8.58. The molecule has 0 aliphatic rings. The number of ether oxygens (including phenoxy) is 1. The fraction of sp³-hybridized carbons (Fsp3) is 0.333. The monoisotopic (exact) mass is 619 g/mol. The summed E-state index contributed by atoms with van der Waals surface area (Å²) < 4.78 is 34.1. The predicted octanol–water partition coefficient (Wildman–Crippen LogP) is 5.84. The summed E-state index contributed by atoms with van der Waals surface area (Å²) in [6.45, 7) is 8.44. The molecule has 0 heterocycles. The van der Waals surface area contributed by atoms with Crippen LogP contribution in [0.2, 0.25) is 10.0 Å². The van der Waals surface area contributed by atoms with Gasteiger partial charge in [-0.1, -0.05) is 53.0 Å². The number of carbonyl (C=O) groups excluding carboxylic acids is 2. The Morgan fingerprint density at radius 1 is 0.976 bits per heavy atom. The van der Waals surface area contributed by atoms with E-state index in [1.165, 1.54) is 42.3 Å². The second-order valence-corrected chi connectivity index (χ2v) is 13.4. The molecule has 8 nitrogen and oxygen atoms in total. The van der Waals surface area contributed by atoms with Crippen LogP contribution in [0, 0.1) is 6.92 Å². The number of halogens is 2. The van der Waals surface area contributed by atoms with Gasteiger partial charge in [-0.05, 0) is 82.6 Å². The lowest BCUT2D eigenvalue weighted by atomic mass is 10.1. The maximum absolute atomic E-state index is 14.0. The Hall–Kier alpha value is -3.27. The first-order valence-corrected chi connectivity index (χ1v) is 15.1. The highest BCUT2D eigenvalue weighted by atomic mass is 35.5. The number of hydrogen-bond donors (Lipinski definition) is 1. The Bertz CT molecular complexity index is 1490. The van der Waals surface area contributed by atoms with E-state index in [4.69, 9.17) is 27.9 Å². The Balaban J connectivity index is 2.07. The number of amides is 2. The Morgan fingerprint density at radius 2 is 1.59 bits per heavy atom. The lowest BCUT2D eigenvalue weighted by Gasteiger charge is -2.33. The molecule has 3 rings (SSSR count). The molecule has 0 saturated carbocycles. The zero-order valence-corrected chi connectivity index (χ0v) is 26.3. The topological polar surface area (TPSA) is 96.0 Å². The molecule has 11 heteroatoms. The molecule has 0 bridgehead atoms. The van der Waals surface area contributed by atoms with Crippen LogP contribution in [0.15, 0.2) is 71.6 Å². The third-order valence-electron chi connectivity index (χ3n) is 6.24. The summed E-state index contributed by atoms with van der Waals surface area (Å²) in [6, 6.07) is 16.8. The molecule has 0 fully saturated rings. The summed E-state index contributed by atoms with van der Waals surface area (Å²) in [5, 5.41) is 3.60. The van der Waals surface area contributed by atoms with Crippen LogP contribution >= 0.6 is 23.2 Å². The second kappa shape index (κ2) is 13.1. The van der Waals surface area contributed by atoms with Crippen molar-refractivity contribution in [1.82, 2.24) is 10.2 Å². The van der Waals surface area contributed by atoms with Crippen LogP contribution in [0.4, 0.5) is 5.69 Å². The molecule has 220 valence electrons. The second-order valence-electron chi connectivity index (χ2n) is 10.7. The number of nitrogens with one attached hydrogen (secondary N) is 1. The van der Waals surface area contributed by atoms with Gasteiger partial charge in [-0.2, -0.15) is 0 Å². The molecule has 0 radical (unpaired) electrons. The molecule has 3 aromatic rings. The lowest BCUT2D eigenvalue weighted by molar-refractivity contribution is -0.140. The van der Waals surface area contributed by atoms with Crippen LogP contribution in [0.5, 0.6) is 5.75 Å². The molecule has 0 aliphatic heterocycles. The number of rotatable bonds is 10. The number of anilines is 1. The first-order valence-electron chi connectivity index (χ1n) is 12.9. The van der Waals surface area contributed by atoms with Gasteiger partial charge in [-0.25, -0.2) is 8.42 Å². The smallest absolute Gasteiger partial charge is 0.264 e. The van der Waals surface area contributed by atoms with Crippen LogP contribution in [0.3, 0.4) is 0 Å². The highest BCUT2D eigenvalue weighted by Gasteiger charge is 2.33. The van der Waals surface area contributed by atoms with E-state index in [0.717, 1.165) is 15.4 Å². The fourth-order valence-corrected chi connectivity index (χ4v) is 5.80. The average Bonchev–Trinajstić information content (AvgIpc) is 2.90. The van der Waals surface area contributed by atoms with E-state index in [2.05, 4.69) is 5.32 Å². The molecule has 0 aromatic heterocycles. The van der Waals surface area contributed by atoms with Crippen LogP contribution in [0.1, 0.15) is 38.8 Å². The van der Waals surface area contributed by atoms with Gasteiger partial charge in [-0.3, -0.25) is 13.9 Å². The molecule has 3 aromatic carbocycles. The third kappa shape index (κ3) is 8.38. The predicted molar refractivity (Wildman–Crippen MR) is 163 cm³/mol. The summed E-state index contributed by atoms with van der Waals surface area (Å²) >= 11 is 12.4. The Labute approximate surface area is 252 Å². The van der Waals surface area contributed by atoms with Gasteiger partial charge < -0.3 is 15.0 Å². The normalized spacial score (nSPS) is 12.4. The molecule has 1 atom stereocenters. The van der Waals surface area contributed by atoms with Crippen molar-refractivity contribution in [2.75, 3.05) is 18.0 Å². The zero-order chi connectivity index (χ0) is 30.5. The van der Waals surface area contributed by atoms with Gasteiger partial charge in [0.2, 0.25) is 11.8 Å². The van der Waals surface area contributed by atoms with Crippen LogP contribution in [-0.4, -0.2) is 50.4 Å². The summed E-state index contributed by atoms with van der Waals surface area (Å²) in [4.78, 5) is 28.5. The Kier molecular flexibility index (Phi) is 10.3. The van der Waals surface area contributed by atoms with Crippen LogP contribution in [0.25, 0.3) is 0 Å². The average molecular weight is 621 g/mol. The van der Waals surface area contributed by atoms with Crippen molar-refractivity contribution in [1.29, 1.82) is 0 Å². The largest absolute Gasteiger partial charge is 0.495 e. The molecule has 0 aliphatic carbocycles. The van der Waals surface area contributed by atoms with Crippen molar-refractivity contribution in [3.8, 4) is 5.75 Å². The van der Waals surface area contributed by atoms with E-state index in [0.29, 0.717) is 10.8 Å². The number of hydrogen-bond acceptors (Lipinski definition) is 5. The van der Waals surface area contributed by atoms with Crippen LogP contribution < -0.4 is 14.4 Å². The molecule has 0 unspecified atom stereocenters. The molecule has 41 heavy (non-hydrogen) atoms. The van der Waals surface area contributed by atoms with Crippen molar-refractivity contribution in [2.45, 2.75) is 57.6 Å². The highest BCUT2D eigenvalue weighted by molar-refractivity contribution is 7.92. The van der Waals surface area contributed by atoms with Gasteiger partial charge >= 0.3 is 0 Å². The standard InChI is InChI=1S/C30H35Cl2N3O5S/c1-20-7-14-25(15-8-20)41(38,39)35(24-13-16-27(40-6)26(32)17-24)19-28(36)34(18-22-9-11-23(31)12-10-22)21(2)29(37)33-30(3,4)5/h7-17,21H,18-19H2,1-6H3,(H,33,37)/t21-/m0/s1. The van der Waals surface area contributed by atoms with Crippen molar-refractivity contribution >= 4 is 50.7 Å². The minimum Gasteiger partial charge on any atom is -0.495 e. The summed E-state index contributed by atoms with van der Waals surface area (Å²) in [6.07, 6.45) is 0. The molecule has 0 spiro atoms. The molecule has 2 amide bonds. The molecule has 1 N–H and O–H groups in total. The SMILES string of the molecule is COc1ccc(N(CC(=O)N(Cc2ccc(Cl)cc2)[C@@H](C)C(=O)NC(C)(C)C)S(=O)(=O)c2ccc(C)cc2)cc1Cl. The minimum atomic E-state index is -4.22. The number of methoxy groups -OCH3 is 1. The van der Waals surface area contributed by atoms with E-state index in [9.17, 15) is 18.0 Å². The number of nitrogens with zero attached hydrogens (tertiary/aromatic N) is 2. The van der Waals surface area contributed by atoms with Gasteiger partial charge in [-0.15, -0.1) is 0 Å². The van der Waals surface area contributed by atoms with Gasteiger partial charge in [0.25, 0.3) is 10.0 Å². The summed E-state index contributed by atoms with van der Waals surface area (Å²) in [7, 11) is -2.77. The fourth-order valence-electron chi connectivity index (χ4n) is 4.02. The Morgan fingerprint density at radius 3 is 2.12 bits per heavy atom. The van der Waals surface area contributed by atoms with Crippen molar-refractivity contribution in [2.24, 2.45) is 0 Å². The maximum Gasteiger partial charge on any atom is 0.264 e. The first kappa shape index (κ1) is 32.2. The van der Waals surface area contributed by atoms with Crippen molar-refractivity contribution < 1.29 is 22.7 Å². The first-order chi connectivity index (χ1) is 19.1. The number of aryl methyl sites for hydroxylation is 1. The highest BCUT2D eigenvalue weighted by Crippen LogP contribution is 2.32. The maximum atomic E-state index is 14.0. The number of carbonyl (C=O) groups is 2. The number of benzene rings is 3. The van der Waals surface area contributed by atoms with Crippen molar-refractivity contribution in [3.63, 3.8) is 0 Å². The van der Waals surface area contributed by atoms with E-state index in [1.807, 2.05) is 27.7 Å². The van der Waals surface area contributed by atoms with Gasteiger partial charge in [0, 0.05) is 17.1 Å². The van der Waals surface area contributed by atoms with Crippen LogP contribution in [-0.2, 0) is 26.2 Å². The van der Waals surface area contributed by atoms with Gasteiger partial charge in [0.1, 0.15) is 18.3 Å². The summed E-state index contributed by atoms with van der Waals surface area (Å²) in [5.41, 5.74) is 1.23. The number of sulfonamides is 1. The van der Waals surface area contributed by atoms with Gasteiger partial charge in [0.15, 0.2) is 0 Å².